The second kappa shape index (κ2) is 36.6. The zero-order chi connectivity index (χ0) is 58.1. The van der Waals surface area contributed by atoms with Gasteiger partial charge in [0.2, 0.25) is 0 Å². The van der Waals surface area contributed by atoms with E-state index in [1.165, 1.54) is 0 Å². The Bertz CT molecular complexity index is 2480. The van der Waals surface area contributed by atoms with Crippen molar-refractivity contribution in [2.45, 2.75) is 42.5 Å². The number of ether oxygens (including phenoxy) is 15. The molecule has 0 saturated carbocycles. The molecule has 17 nitrogen and oxygen atoms in total. The molecule has 0 unspecified atom stereocenters. The van der Waals surface area contributed by atoms with Crippen LogP contribution in [0.25, 0.3) is 0 Å². The lowest BCUT2D eigenvalue weighted by atomic mass is 9.79. The molecule has 82 heavy (non-hydrogen) atoms. The maximum atomic E-state index is 12.8. The number of benzene rings is 6. The molecule has 446 valence electrons. The van der Waals surface area contributed by atoms with Crippen LogP contribution in [0.15, 0.2) is 158 Å². The lowest BCUT2D eigenvalue weighted by Gasteiger charge is -2.40. The highest BCUT2D eigenvalue weighted by molar-refractivity contribution is 5.51. The minimum atomic E-state index is -1.65. The molecule has 0 spiro atoms. The van der Waals surface area contributed by atoms with Crippen molar-refractivity contribution in [3.8, 4) is 23.0 Å². The second-order valence-electron chi connectivity index (χ2n) is 18.7. The normalized spacial score (nSPS) is 13.3. The van der Waals surface area contributed by atoms with Gasteiger partial charge in [0.05, 0.1) is 134 Å². The van der Waals surface area contributed by atoms with E-state index in [2.05, 4.69) is 0 Å². The van der Waals surface area contributed by atoms with Gasteiger partial charge in [0.1, 0.15) is 58.6 Å². The molecule has 0 bridgehead atoms. The van der Waals surface area contributed by atoms with Gasteiger partial charge in [-0.25, -0.2) is 0 Å². The average Bonchev–Trinajstić information content (AvgIpc) is 2.49. The molecule has 6 aromatic rings. The third-order valence-corrected chi connectivity index (χ3v) is 13.6. The Morgan fingerprint density at radius 2 is 0.573 bits per heavy atom. The smallest absolute Gasteiger partial charge is 0.143 e. The molecule has 0 aliphatic rings. The summed E-state index contributed by atoms with van der Waals surface area (Å²) >= 11 is 0. The first-order valence-corrected chi connectivity index (χ1v) is 27.8. The Labute approximate surface area is 484 Å². The maximum absolute atomic E-state index is 12.8. The number of aliphatic hydroxyl groups excluding tert-OH is 2. The van der Waals surface area contributed by atoms with Crippen LogP contribution in [0.1, 0.15) is 40.3 Å². The number of aliphatic hydroxyl groups is 2. The number of hydrogen-bond acceptors (Lipinski definition) is 17. The minimum absolute atomic E-state index is 0.00983. The fraction of sp³-hybridized carbons (Fsp3) is 0.446. The third-order valence-electron chi connectivity index (χ3n) is 13.6. The molecule has 0 aliphatic carbocycles. The first kappa shape index (κ1) is 65.2. The molecule has 0 heterocycles. The van der Waals surface area contributed by atoms with Crippen molar-refractivity contribution in [3.63, 3.8) is 0 Å². The minimum Gasteiger partial charge on any atom is -0.497 e. The Balaban J connectivity index is 1.36. The van der Waals surface area contributed by atoms with Gasteiger partial charge in [0, 0.05) is 13.7 Å². The van der Waals surface area contributed by atoms with Gasteiger partial charge in [0.15, 0.2) is 0 Å². The van der Waals surface area contributed by atoms with Gasteiger partial charge in [-0.15, -0.1) is 0 Å². The molecule has 6 rings (SSSR count). The van der Waals surface area contributed by atoms with E-state index in [-0.39, 0.29) is 46.2 Å². The molecule has 17 heteroatoms. The first-order valence-electron chi connectivity index (χ1n) is 27.8. The van der Waals surface area contributed by atoms with Crippen LogP contribution in [0.5, 0.6) is 23.0 Å². The highest BCUT2D eigenvalue weighted by Gasteiger charge is 2.43. The van der Waals surface area contributed by atoms with E-state index in [0.29, 0.717) is 89.1 Å². The summed E-state index contributed by atoms with van der Waals surface area (Å²) in [6.45, 7) is 6.33. The molecule has 0 aromatic heterocycles. The predicted molar refractivity (Wildman–Crippen MR) is 310 cm³/mol. The average molecular weight is 1140 g/mol. The van der Waals surface area contributed by atoms with Crippen molar-refractivity contribution in [1.82, 2.24) is 0 Å². The van der Waals surface area contributed by atoms with Crippen LogP contribution in [0, 0.1) is 0 Å². The van der Waals surface area contributed by atoms with Crippen molar-refractivity contribution in [3.05, 3.63) is 191 Å². The monoisotopic (exact) mass is 1140 g/mol. The Morgan fingerprint density at radius 1 is 0.317 bits per heavy atom. The predicted octanol–water partition coefficient (Wildman–Crippen LogP) is 8.30. The molecule has 6 aromatic carbocycles. The molecule has 4 atom stereocenters. The Morgan fingerprint density at radius 3 is 0.841 bits per heavy atom. The molecule has 0 fully saturated rings. The lowest BCUT2D eigenvalue weighted by molar-refractivity contribution is -0.181. The summed E-state index contributed by atoms with van der Waals surface area (Å²) in [6.07, 6.45) is -5.69. The van der Waals surface area contributed by atoms with Crippen LogP contribution < -0.4 is 18.9 Å². The van der Waals surface area contributed by atoms with E-state index < -0.39 is 35.6 Å². The topological polar surface area (TPSA) is 179 Å². The summed E-state index contributed by atoms with van der Waals surface area (Å²) in [7, 11) is 8.08. The second-order valence-corrected chi connectivity index (χ2v) is 18.7. The maximum Gasteiger partial charge on any atom is 0.143 e. The van der Waals surface area contributed by atoms with Crippen molar-refractivity contribution in [2.24, 2.45) is 0 Å². The van der Waals surface area contributed by atoms with Gasteiger partial charge < -0.3 is 81.3 Å². The summed E-state index contributed by atoms with van der Waals surface area (Å²) in [5, 5.41) is 25.7. The SMILES string of the molecule is CCOCCOCCOCCO[C@@H](COC(c1ccccc1)(c1ccc(OC)cc1)c1ccc(OC)cc1)[C@H](O)[C@@H](O)[C@H](COC(c1ccccc1)(c1ccc(OC)cc1)c1ccc(OC)cc1)OCCOCCOCCOCCOC. The summed E-state index contributed by atoms with van der Waals surface area (Å²) in [5.41, 5.74) is 2.01. The van der Waals surface area contributed by atoms with E-state index in [1.54, 1.807) is 35.5 Å². The quantitative estimate of drug-likeness (QED) is 0.0276. The van der Waals surface area contributed by atoms with Crippen LogP contribution in [0.4, 0.5) is 0 Å². The van der Waals surface area contributed by atoms with Crippen molar-refractivity contribution in [2.75, 3.05) is 148 Å². The molecule has 2 N–H and O–H groups in total. The standard InChI is InChI=1S/C65H84O17/c1-7-73-36-37-75-40-42-77-44-46-79-60(48-81-64(50-14-10-8-11-15-50,52-18-26-56(69-3)27-19-52)53-20-28-57(70-4)29-21-53)62(66)63(67)61(80-47-45-78-43-41-76-39-38-74-35-34-68-2)49-82-65(51-16-12-9-13-17-51,54-22-30-58(71-5)31-23-54)55-24-32-59(72-6)33-25-55/h8-33,60-63,66-67H,7,34-49H2,1-6H3/t60-,61-,62-,63-/m0/s1. The van der Waals surface area contributed by atoms with E-state index >= 15 is 0 Å². The summed E-state index contributed by atoms with van der Waals surface area (Å²) in [5.74, 6) is 2.62. The van der Waals surface area contributed by atoms with Gasteiger partial charge >= 0.3 is 0 Å². The first-order chi connectivity index (χ1) is 40.3. The van der Waals surface area contributed by atoms with Crippen LogP contribution in [-0.2, 0) is 63.3 Å². The van der Waals surface area contributed by atoms with E-state index in [4.69, 9.17) is 71.1 Å². The van der Waals surface area contributed by atoms with Crippen LogP contribution in [-0.4, -0.2) is 182 Å². The van der Waals surface area contributed by atoms with Gasteiger partial charge in [-0.1, -0.05) is 109 Å². The van der Waals surface area contributed by atoms with E-state index in [9.17, 15) is 10.2 Å². The summed E-state index contributed by atoms with van der Waals surface area (Å²) in [4.78, 5) is 0. The molecule has 0 aliphatic heterocycles. The molecular weight excluding hydrogens is 1050 g/mol. The van der Waals surface area contributed by atoms with Gasteiger partial charge in [-0.05, 0) is 88.8 Å². The molecule has 0 amide bonds. The van der Waals surface area contributed by atoms with E-state index in [1.807, 2.05) is 165 Å². The zero-order valence-corrected chi connectivity index (χ0v) is 48.4. The number of hydrogen-bond donors (Lipinski definition) is 2. The van der Waals surface area contributed by atoms with E-state index in [0.717, 1.165) is 33.4 Å². The summed E-state index contributed by atoms with van der Waals surface area (Å²) < 4.78 is 89.4. The van der Waals surface area contributed by atoms with Gasteiger partial charge in [0.25, 0.3) is 0 Å². The lowest BCUT2D eigenvalue weighted by Crippen LogP contribution is -2.52. The largest absolute Gasteiger partial charge is 0.497 e. The number of methoxy groups -OCH3 is 5. The van der Waals surface area contributed by atoms with Gasteiger partial charge in [-0.3, -0.25) is 0 Å². The van der Waals surface area contributed by atoms with Crippen LogP contribution in [0.2, 0.25) is 0 Å². The molecule has 0 radical (unpaired) electrons. The molecule has 0 saturated heterocycles. The summed E-state index contributed by atoms with van der Waals surface area (Å²) in [6, 6.07) is 50.1. The van der Waals surface area contributed by atoms with Crippen molar-refractivity contribution < 1.29 is 81.3 Å². The van der Waals surface area contributed by atoms with Crippen LogP contribution in [0.3, 0.4) is 0 Å². The highest BCUT2D eigenvalue weighted by atomic mass is 16.6. The van der Waals surface area contributed by atoms with Crippen molar-refractivity contribution in [1.29, 1.82) is 0 Å². The third kappa shape index (κ3) is 19.0. The fourth-order valence-electron chi connectivity index (χ4n) is 9.28. The zero-order valence-electron chi connectivity index (χ0n) is 48.4. The Hall–Kier alpha value is -6.00. The van der Waals surface area contributed by atoms with Crippen molar-refractivity contribution >= 4 is 0 Å². The van der Waals surface area contributed by atoms with Gasteiger partial charge in [-0.2, -0.15) is 0 Å². The number of rotatable bonds is 43. The van der Waals surface area contributed by atoms with Crippen LogP contribution >= 0.6 is 0 Å². The highest BCUT2D eigenvalue weighted by Crippen LogP contribution is 2.44. The fourth-order valence-corrected chi connectivity index (χ4v) is 9.28. The molecular formula is C65H84O17. The Kier molecular flexibility index (Phi) is 29.0.